The maximum Gasteiger partial charge on any atom is 0.311 e. The average molecular weight is 223 g/mol. The molecule has 0 bridgehead atoms. The highest BCUT2D eigenvalue weighted by molar-refractivity contribution is 9.11. The Labute approximate surface area is 69.2 Å². The Balaban J connectivity index is 2.67. The monoisotopic (exact) mass is 222 g/mol. The molecule has 0 unspecified atom stereocenters. The molecule has 0 fully saturated rings. The summed E-state index contributed by atoms with van der Waals surface area (Å²) in [6, 6.07) is 0. The van der Waals surface area contributed by atoms with Crippen LogP contribution in [-0.2, 0) is 11.2 Å². The molecule has 1 N–H and O–H groups in total. The third-order valence-corrected chi connectivity index (χ3v) is 1.91. The quantitative estimate of drug-likeness (QED) is 0.809. The molecule has 0 aliphatic carbocycles. The molecule has 0 amide bonds. The van der Waals surface area contributed by atoms with E-state index in [1.54, 1.807) is 0 Å². The molecule has 0 saturated heterocycles. The van der Waals surface area contributed by atoms with E-state index in [4.69, 9.17) is 5.11 Å². The standard InChI is InChI=1S/C4H3BrN2O2S/c5-4-6-2(7-10-4)1-3(8)9/h1H2,(H,8,9). The minimum Gasteiger partial charge on any atom is -0.481 e. The zero-order valence-electron chi connectivity index (χ0n) is 4.74. The molecule has 0 aliphatic heterocycles. The third-order valence-electron chi connectivity index (χ3n) is 0.753. The summed E-state index contributed by atoms with van der Waals surface area (Å²) in [4.78, 5) is 13.9. The van der Waals surface area contributed by atoms with Crippen molar-refractivity contribution < 1.29 is 9.90 Å². The maximum atomic E-state index is 10.1. The molecule has 1 heterocycles. The van der Waals surface area contributed by atoms with Crippen LogP contribution in [0.4, 0.5) is 0 Å². The van der Waals surface area contributed by atoms with Gasteiger partial charge in [0.25, 0.3) is 0 Å². The van der Waals surface area contributed by atoms with E-state index in [0.29, 0.717) is 9.74 Å². The largest absolute Gasteiger partial charge is 0.481 e. The molecule has 1 aromatic heterocycles. The Morgan fingerprint density at radius 1 is 1.80 bits per heavy atom. The molecule has 0 aromatic carbocycles. The van der Waals surface area contributed by atoms with Gasteiger partial charge in [-0.1, -0.05) is 0 Å². The summed E-state index contributed by atoms with van der Waals surface area (Å²) in [5.74, 6) is -0.560. The van der Waals surface area contributed by atoms with Crippen molar-refractivity contribution in [2.45, 2.75) is 6.42 Å². The van der Waals surface area contributed by atoms with Crippen molar-refractivity contribution >= 4 is 33.4 Å². The van der Waals surface area contributed by atoms with Crippen molar-refractivity contribution in [1.82, 2.24) is 9.36 Å². The number of hydrogen-bond acceptors (Lipinski definition) is 4. The highest BCUT2D eigenvalue weighted by Gasteiger charge is 2.05. The van der Waals surface area contributed by atoms with E-state index >= 15 is 0 Å². The van der Waals surface area contributed by atoms with E-state index in [2.05, 4.69) is 25.3 Å². The summed E-state index contributed by atoms with van der Waals surface area (Å²) in [6.07, 6.45) is -0.109. The van der Waals surface area contributed by atoms with Crippen molar-refractivity contribution in [2.75, 3.05) is 0 Å². The third kappa shape index (κ3) is 2.03. The minimum atomic E-state index is -0.912. The van der Waals surface area contributed by atoms with Crippen LogP contribution in [0.5, 0.6) is 0 Å². The Morgan fingerprint density at radius 2 is 2.50 bits per heavy atom. The lowest BCUT2D eigenvalue weighted by Gasteiger charge is -1.83. The maximum absolute atomic E-state index is 10.1. The van der Waals surface area contributed by atoms with Gasteiger partial charge in [0.05, 0.1) is 0 Å². The van der Waals surface area contributed by atoms with E-state index in [1.807, 2.05) is 0 Å². The minimum absolute atomic E-state index is 0.109. The van der Waals surface area contributed by atoms with Crippen molar-refractivity contribution in [2.24, 2.45) is 0 Å². The predicted molar refractivity (Wildman–Crippen MR) is 38.9 cm³/mol. The first kappa shape index (κ1) is 7.62. The van der Waals surface area contributed by atoms with Crippen LogP contribution in [0.3, 0.4) is 0 Å². The molecule has 4 nitrogen and oxygen atoms in total. The van der Waals surface area contributed by atoms with Gasteiger partial charge in [0.2, 0.25) is 0 Å². The second kappa shape index (κ2) is 3.07. The van der Waals surface area contributed by atoms with Crippen molar-refractivity contribution in [1.29, 1.82) is 0 Å². The van der Waals surface area contributed by atoms with Gasteiger partial charge in [-0.2, -0.15) is 4.37 Å². The van der Waals surface area contributed by atoms with Gasteiger partial charge in [-0.05, 0) is 27.5 Å². The van der Waals surface area contributed by atoms with E-state index in [0.717, 1.165) is 11.5 Å². The Morgan fingerprint density at radius 3 is 2.90 bits per heavy atom. The Bertz CT molecular complexity index is 249. The molecule has 0 aliphatic rings. The molecule has 10 heavy (non-hydrogen) atoms. The summed E-state index contributed by atoms with van der Waals surface area (Å²) < 4.78 is 4.37. The van der Waals surface area contributed by atoms with Crippen LogP contribution >= 0.6 is 27.5 Å². The summed E-state index contributed by atoms with van der Waals surface area (Å²) in [5.41, 5.74) is 0. The van der Waals surface area contributed by atoms with Crippen molar-refractivity contribution in [3.8, 4) is 0 Å². The van der Waals surface area contributed by atoms with Crippen LogP contribution in [0.2, 0.25) is 0 Å². The first-order valence-corrected chi connectivity index (χ1v) is 3.95. The topological polar surface area (TPSA) is 63.1 Å². The second-order valence-corrected chi connectivity index (χ2v) is 3.56. The molecular weight excluding hydrogens is 220 g/mol. The van der Waals surface area contributed by atoms with Crippen LogP contribution in [-0.4, -0.2) is 20.4 Å². The van der Waals surface area contributed by atoms with Crippen molar-refractivity contribution in [3.05, 3.63) is 9.74 Å². The van der Waals surface area contributed by atoms with Crippen LogP contribution < -0.4 is 0 Å². The van der Waals surface area contributed by atoms with Gasteiger partial charge >= 0.3 is 5.97 Å². The van der Waals surface area contributed by atoms with Gasteiger partial charge in [-0.25, -0.2) is 4.98 Å². The number of carbonyl (C=O) groups is 1. The van der Waals surface area contributed by atoms with Gasteiger partial charge in [0, 0.05) is 0 Å². The molecule has 0 saturated carbocycles. The average Bonchev–Trinajstić information content (AvgIpc) is 2.13. The van der Waals surface area contributed by atoms with Gasteiger partial charge in [0.15, 0.2) is 9.74 Å². The molecule has 1 aromatic rings. The molecule has 0 radical (unpaired) electrons. The van der Waals surface area contributed by atoms with Crippen LogP contribution in [0.25, 0.3) is 0 Å². The van der Waals surface area contributed by atoms with E-state index in [9.17, 15) is 4.79 Å². The number of hydrogen-bond donors (Lipinski definition) is 1. The SMILES string of the molecule is O=C(O)Cc1nsc(Br)n1. The molecule has 6 heteroatoms. The van der Waals surface area contributed by atoms with E-state index in [1.165, 1.54) is 0 Å². The smallest absolute Gasteiger partial charge is 0.311 e. The number of rotatable bonds is 2. The Kier molecular flexibility index (Phi) is 2.34. The van der Waals surface area contributed by atoms with Gasteiger partial charge in [-0.3, -0.25) is 4.79 Å². The second-order valence-electron chi connectivity index (χ2n) is 1.53. The highest BCUT2D eigenvalue weighted by Crippen LogP contribution is 2.11. The number of carboxylic acids is 1. The zero-order valence-corrected chi connectivity index (χ0v) is 7.15. The number of aliphatic carboxylic acids is 1. The molecule has 0 spiro atoms. The van der Waals surface area contributed by atoms with Gasteiger partial charge < -0.3 is 5.11 Å². The first-order valence-electron chi connectivity index (χ1n) is 2.38. The summed E-state index contributed by atoms with van der Waals surface area (Å²) >= 11 is 4.21. The normalized spacial score (nSPS) is 9.70. The highest BCUT2D eigenvalue weighted by atomic mass is 79.9. The van der Waals surface area contributed by atoms with Gasteiger partial charge in [-0.15, -0.1) is 0 Å². The van der Waals surface area contributed by atoms with Gasteiger partial charge in [0.1, 0.15) is 6.42 Å². The lowest BCUT2D eigenvalue weighted by Crippen LogP contribution is -2.01. The number of aromatic nitrogens is 2. The van der Waals surface area contributed by atoms with Crippen LogP contribution in [0, 0.1) is 0 Å². The van der Waals surface area contributed by atoms with Crippen molar-refractivity contribution in [3.63, 3.8) is 0 Å². The summed E-state index contributed by atoms with van der Waals surface area (Å²) in [5, 5.41) is 8.29. The number of nitrogens with zero attached hydrogens (tertiary/aromatic N) is 2. The fourth-order valence-corrected chi connectivity index (χ4v) is 1.29. The van der Waals surface area contributed by atoms with Crippen LogP contribution in [0.1, 0.15) is 5.82 Å². The van der Waals surface area contributed by atoms with Crippen LogP contribution in [0.15, 0.2) is 3.92 Å². The molecular formula is C4H3BrN2O2S. The zero-order chi connectivity index (χ0) is 7.56. The number of carboxylic acid groups (broad SMARTS) is 1. The lowest BCUT2D eigenvalue weighted by molar-refractivity contribution is -0.136. The van der Waals surface area contributed by atoms with E-state index < -0.39 is 5.97 Å². The van der Waals surface area contributed by atoms with E-state index in [-0.39, 0.29) is 6.42 Å². The fourth-order valence-electron chi connectivity index (χ4n) is 0.440. The predicted octanol–water partition coefficient (Wildman–Crippen LogP) is 0.928. The lowest BCUT2D eigenvalue weighted by atomic mass is 10.4. The molecule has 0 atom stereocenters. The Hall–Kier alpha value is -0.490. The summed E-state index contributed by atoms with van der Waals surface area (Å²) in [6.45, 7) is 0. The first-order chi connectivity index (χ1) is 4.68. The molecule has 1 rings (SSSR count). The molecule has 54 valence electrons. The fraction of sp³-hybridized carbons (Fsp3) is 0.250. The summed E-state index contributed by atoms with van der Waals surface area (Å²) in [7, 11) is 0. The number of halogens is 1.